The number of benzene rings is 5. The average molecular weight is 453 g/mol. The van der Waals surface area contributed by atoms with Crippen LogP contribution in [-0.2, 0) is 0 Å². The number of fused-ring (bicyclic) bond motifs is 6. The molecule has 2 aliphatic heterocycles. The third-order valence-electron chi connectivity index (χ3n) is 7.39. The van der Waals surface area contributed by atoms with Crippen LogP contribution in [0.15, 0.2) is 114 Å². The number of hydrogen-bond acceptors (Lipinski definition) is 2. The Labute approximate surface area is 204 Å². The van der Waals surface area contributed by atoms with Gasteiger partial charge in [0.25, 0.3) is 5.79 Å². The van der Waals surface area contributed by atoms with Crippen LogP contribution in [-0.4, -0.2) is 5.79 Å². The molecular weight excluding hydrogens is 428 g/mol. The fourth-order valence-corrected chi connectivity index (χ4v) is 5.65. The summed E-state index contributed by atoms with van der Waals surface area (Å²) < 4.78 is 13.9. The number of ether oxygens (including phenoxy) is 2. The zero-order valence-corrected chi connectivity index (χ0v) is 19.7. The summed E-state index contributed by atoms with van der Waals surface area (Å²) in [6.07, 6.45) is 2.24. The molecule has 35 heavy (non-hydrogen) atoms. The third-order valence-corrected chi connectivity index (χ3v) is 7.39. The molecule has 0 saturated heterocycles. The molecule has 0 aromatic heterocycles. The molecule has 7 rings (SSSR count). The quantitative estimate of drug-likeness (QED) is 0.254. The minimum Gasteiger partial charge on any atom is -0.444 e. The van der Waals surface area contributed by atoms with Crippen LogP contribution in [0, 0.1) is 0 Å². The molecule has 0 bridgehead atoms. The molecule has 2 nitrogen and oxygen atoms in total. The summed E-state index contributed by atoms with van der Waals surface area (Å²) in [5.74, 6) is 0.687. The lowest BCUT2D eigenvalue weighted by atomic mass is 9.82. The van der Waals surface area contributed by atoms with Crippen molar-refractivity contribution >= 4 is 33.2 Å². The predicted octanol–water partition coefficient (Wildman–Crippen LogP) is 8.40. The molecule has 2 heterocycles. The highest BCUT2D eigenvalue weighted by atomic mass is 16.7. The Morgan fingerprint density at radius 1 is 0.600 bits per heavy atom. The fraction of sp³-hybridized carbons (Fsp3) is 0.0909. The van der Waals surface area contributed by atoms with E-state index in [1.165, 1.54) is 10.8 Å². The Bertz CT molecular complexity index is 1710. The smallest absolute Gasteiger partial charge is 0.297 e. The minimum atomic E-state index is -1.02. The van der Waals surface area contributed by atoms with Gasteiger partial charge in [-0.15, -0.1) is 0 Å². The monoisotopic (exact) mass is 452 g/mol. The topological polar surface area (TPSA) is 18.5 Å². The predicted molar refractivity (Wildman–Crippen MR) is 144 cm³/mol. The lowest BCUT2D eigenvalue weighted by Gasteiger charge is -2.44. The summed E-state index contributed by atoms with van der Waals surface area (Å²) in [5, 5.41) is 4.63. The second-order valence-electron chi connectivity index (χ2n) is 9.38. The molecule has 5 aromatic rings. The van der Waals surface area contributed by atoms with Crippen LogP contribution in [0.1, 0.15) is 30.5 Å². The second-order valence-corrected chi connectivity index (χ2v) is 9.38. The van der Waals surface area contributed by atoms with Crippen LogP contribution in [0.2, 0.25) is 0 Å². The standard InChI is InChI=1S/C33H24O2/c1-21-20-29-26-14-8-6-10-23(26)17-19-30(29)34-33(21)22(2)31(25-12-4-3-5-13-25)28-18-16-24-11-7-9-15-27(24)32(28)35-33/h3-20H,1-2H3. The van der Waals surface area contributed by atoms with Gasteiger partial charge in [0.1, 0.15) is 11.5 Å². The lowest BCUT2D eigenvalue weighted by molar-refractivity contribution is -0.0507. The van der Waals surface area contributed by atoms with Gasteiger partial charge in [-0.2, -0.15) is 0 Å². The van der Waals surface area contributed by atoms with Crippen LogP contribution in [0.5, 0.6) is 11.5 Å². The first kappa shape index (κ1) is 20.1. The van der Waals surface area contributed by atoms with Crippen molar-refractivity contribution in [1.82, 2.24) is 0 Å². The van der Waals surface area contributed by atoms with Gasteiger partial charge in [0.05, 0.1) is 0 Å². The van der Waals surface area contributed by atoms with Gasteiger partial charge >= 0.3 is 0 Å². The van der Waals surface area contributed by atoms with Gasteiger partial charge in [0.2, 0.25) is 0 Å². The van der Waals surface area contributed by atoms with E-state index in [9.17, 15) is 0 Å². The fourth-order valence-electron chi connectivity index (χ4n) is 5.65. The lowest BCUT2D eigenvalue weighted by Crippen LogP contribution is -2.48. The molecule has 0 saturated carbocycles. The Morgan fingerprint density at radius 3 is 2.06 bits per heavy atom. The van der Waals surface area contributed by atoms with Gasteiger partial charge in [0.15, 0.2) is 0 Å². The van der Waals surface area contributed by atoms with Gasteiger partial charge in [-0.3, -0.25) is 0 Å². The van der Waals surface area contributed by atoms with Crippen molar-refractivity contribution in [3.8, 4) is 11.5 Å². The Balaban J connectivity index is 1.53. The van der Waals surface area contributed by atoms with Crippen molar-refractivity contribution in [2.24, 2.45) is 0 Å². The SMILES string of the molecule is CC1=Cc2c(ccc3ccccc23)OC12Oc1c(ccc3ccccc13)C(c1ccccc1)=C2C. The third kappa shape index (κ3) is 2.83. The van der Waals surface area contributed by atoms with E-state index < -0.39 is 5.79 Å². The van der Waals surface area contributed by atoms with E-state index in [1.807, 2.05) is 0 Å². The van der Waals surface area contributed by atoms with Crippen LogP contribution >= 0.6 is 0 Å². The van der Waals surface area contributed by atoms with Crippen molar-refractivity contribution in [3.05, 3.63) is 131 Å². The second kappa shape index (κ2) is 7.35. The van der Waals surface area contributed by atoms with Gasteiger partial charge < -0.3 is 9.47 Å². The molecule has 0 radical (unpaired) electrons. The zero-order chi connectivity index (χ0) is 23.6. The van der Waals surface area contributed by atoms with Crippen LogP contribution in [0.3, 0.4) is 0 Å². The molecule has 0 aliphatic carbocycles. The van der Waals surface area contributed by atoms with E-state index in [1.54, 1.807) is 0 Å². The first-order valence-corrected chi connectivity index (χ1v) is 12.0. The van der Waals surface area contributed by atoms with E-state index >= 15 is 0 Å². The molecular formula is C33H24O2. The van der Waals surface area contributed by atoms with Crippen molar-refractivity contribution in [2.75, 3.05) is 0 Å². The number of hydrogen-bond donors (Lipinski definition) is 0. The first-order valence-electron chi connectivity index (χ1n) is 12.0. The van der Waals surface area contributed by atoms with E-state index in [-0.39, 0.29) is 0 Å². The van der Waals surface area contributed by atoms with Gasteiger partial charge in [0, 0.05) is 27.7 Å². The molecule has 2 heteroatoms. The van der Waals surface area contributed by atoms with E-state index in [0.29, 0.717) is 0 Å². The molecule has 1 atom stereocenters. The highest BCUT2D eigenvalue weighted by molar-refractivity contribution is 5.99. The van der Waals surface area contributed by atoms with E-state index in [0.717, 1.165) is 55.7 Å². The van der Waals surface area contributed by atoms with Crippen molar-refractivity contribution in [2.45, 2.75) is 19.6 Å². The van der Waals surface area contributed by atoms with Gasteiger partial charge in [-0.25, -0.2) is 0 Å². The summed E-state index contributed by atoms with van der Waals surface area (Å²) in [6.45, 7) is 4.26. The van der Waals surface area contributed by atoms with E-state index in [4.69, 9.17) is 9.47 Å². The summed E-state index contributed by atoms with van der Waals surface area (Å²) >= 11 is 0. The average Bonchev–Trinajstić information content (AvgIpc) is 2.90. The largest absolute Gasteiger partial charge is 0.444 e. The molecule has 0 fully saturated rings. The molecule has 168 valence electrons. The van der Waals surface area contributed by atoms with Crippen LogP contribution in [0.25, 0.3) is 33.2 Å². The van der Waals surface area contributed by atoms with E-state index in [2.05, 4.69) is 123 Å². The Hall–Kier alpha value is -4.30. The molecule has 2 aliphatic rings. The Kier molecular flexibility index (Phi) is 4.22. The molecule has 1 unspecified atom stereocenters. The maximum absolute atomic E-state index is 6.97. The van der Waals surface area contributed by atoms with Gasteiger partial charge in [-0.1, -0.05) is 91.0 Å². The van der Waals surface area contributed by atoms with Crippen LogP contribution in [0.4, 0.5) is 0 Å². The van der Waals surface area contributed by atoms with Crippen molar-refractivity contribution < 1.29 is 9.47 Å². The summed E-state index contributed by atoms with van der Waals surface area (Å²) in [4.78, 5) is 0. The molecule has 5 aromatic carbocycles. The van der Waals surface area contributed by atoms with Crippen molar-refractivity contribution in [1.29, 1.82) is 0 Å². The maximum Gasteiger partial charge on any atom is 0.297 e. The van der Waals surface area contributed by atoms with Crippen LogP contribution < -0.4 is 9.47 Å². The van der Waals surface area contributed by atoms with Crippen molar-refractivity contribution in [3.63, 3.8) is 0 Å². The highest BCUT2D eigenvalue weighted by Crippen LogP contribution is 2.52. The summed E-state index contributed by atoms with van der Waals surface area (Å²) in [6, 6.07) is 36.0. The van der Waals surface area contributed by atoms with Gasteiger partial charge in [-0.05, 0) is 59.4 Å². The maximum atomic E-state index is 6.97. The highest BCUT2D eigenvalue weighted by Gasteiger charge is 2.47. The molecule has 1 spiro atoms. The summed E-state index contributed by atoms with van der Waals surface area (Å²) in [5.41, 5.74) is 6.61. The summed E-state index contributed by atoms with van der Waals surface area (Å²) in [7, 11) is 0. The first-order chi connectivity index (χ1) is 17.2. The Morgan fingerprint density at radius 2 is 1.26 bits per heavy atom. The zero-order valence-electron chi connectivity index (χ0n) is 19.7. The molecule has 0 amide bonds. The number of rotatable bonds is 1. The minimum absolute atomic E-state index is 0.838. The normalized spacial score (nSPS) is 18.6. The molecule has 0 N–H and O–H groups in total.